The van der Waals surface area contributed by atoms with E-state index in [1.54, 1.807) is 12.3 Å². The van der Waals surface area contributed by atoms with Gasteiger partial charge in [0, 0.05) is 12.7 Å². The summed E-state index contributed by atoms with van der Waals surface area (Å²) in [4.78, 5) is 18.0. The van der Waals surface area contributed by atoms with E-state index in [1.165, 1.54) is 17.8 Å². The molecule has 0 atom stereocenters. The SMILES string of the molecule is CSC1=NC=CCN1c1ccc(S(=O)(=O)NC2(C(=O)O)CCCCC2)s1. The van der Waals surface area contributed by atoms with Crippen molar-refractivity contribution in [3.63, 3.8) is 0 Å². The average Bonchev–Trinajstić information content (AvgIpc) is 3.13. The molecule has 0 unspecified atom stereocenters. The van der Waals surface area contributed by atoms with Crippen LogP contribution in [0.2, 0.25) is 0 Å². The minimum Gasteiger partial charge on any atom is -0.480 e. The molecule has 2 aliphatic rings. The zero-order valence-electron chi connectivity index (χ0n) is 14.3. The Kier molecular flexibility index (Phi) is 5.75. The normalized spacial score (nSPS) is 20.0. The summed E-state index contributed by atoms with van der Waals surface area (Å²) in [5, 5.41) is 11.2. The highest BCUT2D eigenvalue weighted by atomic mass is 32.2. The van der Waals surface area contributed by atoms with Crippen molar-refractivity contribution in [2.45, 2.75) is 41.9 Å². The molecule has 0 radical (unpaired) electrons. The Balaban J connectivity index is 1.84. The monoisotopic (exact) mass is 415 g/mol. The lowest BCUT2D eigenvalue weighted by Crippen LogP contribution is -2.55. The molecule has 1 aliphatic heterocycles. The molecule has 2 heterocycles. The second kappa shape index (κ2) is 7.71. The molecule has 0 saturated heterocycles. The van der Waals surface area contributed by atoms with Gasteiger partial charge in [-0.2, -0.15) is 4.72 Å². The van der Waals surface area contributed by atoms with Crippen LogP contribution in [0, 0.1) is 0 Å². The van der Waals surface area contributed by atoms with Gasteiger partial charge >= 0.3 is 5.97 Å². The number of rotatable bonds is 5. The van der Waals surface area contributed by atoms with E-state index < -0.39 is 21.5 Å². The van der Waals surface area contributed by atoms with E-state index in [0.717, 1.165) is 27.9 Å². The number of carboxylic acid groups (broad SMARTS) is 1. The minimum absolute atomic E-state index is 0.119. The van der Waals surface area contributed by atoms with E-state index in [4.69, 9.17) is 0 Å². The maximum absolute atomic E-state index is 12.8. The van der Waals surface area contributed by atoms with Gasteiger partial charge in [0.15, 0.2) is 5.17 Å². The standard InChI is InChI=1S/C16H21N3O4S3/c1-24-15-17-10-5-11-19(15)12-6-7-13(25-12)26(22,23)18-16(14(20)21)8-3-2-4-9-16/h5-7,10,18H,2-4,8-9,11H2,1H3,(H,20,21). The number of hydrogen-bond acceptors (Lipinski definition) is 7. The largest absolute Gasteiger partial charge is 0.480 e. The first-order valence-corrected chi connectivity index (χ1v) is 11.8. The van der Waals surface area contributed by atoms with Gasteiger partial charge in [-0.15, -0.1) is 11.3 Å². The highest BCUT2D eigenvalue weighted by molar-refractivity contribution is 8.13. The lowest BCUT2D eigenvalue weighted by molar-refractivity contribution is -0.145. The molecule has 1 aromatic heterocycles. The number of nitrogens with zero attached hydrogens (tertiary/aromatic N) is 2. The zero-order valence-corrected chi connectivity index (χ0v) is 16.8. The Morgan fingerprint density at radius 2 is 2.08 bits per heavy atom. The van der Waals surface area contributed by atoms with E-state index >= 15 is 0 Å². The van der Waals surface area contributed by atoms with Crippen LogP contribution in [0.4, 0.5) is 5.00 Å². The summed E-state index contributed by atoms with van der Waals surface area (Å²) in [5.41, 5.74) is -1.40. The second-order valence-corrected chi connectivity index (χ2v) is 10.0. The van der Waals surface area contributed by atoms with Crippen molar-refractivity contribution >= 4 is 49.3 Å². The maximum atomic E-state index is 12.8. The van der Waals surface area contributed by atoms with Crippen molar-refractivity contribution in [3.8, 4) is 0 Å². The fraction of sp³-hybridized carbons (Fsp3) is 0.500. The summed E-state index contributed by atoms with van der Waals surface area (Å²) >= 11 is 2.60. The van der Waals surface area contributed by atoms with Gasteiger partial charge in [0.1, 0.15) is 9.75 Å². The van der Waals surface area contributed by atoms with Crippen molar-refractivity contribution in [2.24, 2.45) is 4.99 Å². The molecular formula is C16H21N3O4S3. The van der Waals surface area contributed by atoms with Crippen LogP contribution < -0.4 is 9.62 Å². The molecule has 0 amide bonds. The number of sulfonamides is 1. The first-order chi connectivity index (χ1) is 12.4. The van der Waals surface area contributed by atoms with Crippen LogP contribution in [0.3, 0.4) is 0 Å². The number of carbonyl (C=O) groups is 1. The number of anilines is 1. The van der Waals surface area contributed by atoms with Crippen LogP contribution in [0.5, 0.6) is 0 Å². The molecule has 1 aromatic rings. The molecular weight excluding hydrogens is 394 g/mol. The molecule has 0 aromatic carbocycles. The molecule has 1 saturated carbocycles. The van der Waals surface area contributed by atoms with Gasteiger partial charge in [0.25, 0.3) is 10.0 Å². The average molecular weight is 416 g/mol. The molecule has 142 valence electrons. The number of amidine groups is 1. The fourth-order valence-electron chi connectivity index (χ4n) is 3.19. The minimum atomic E-state index is -3.91. The Morgan fingerprint density at radius 3 is 2.73 bits per heavy atom. The van der Waals surface area contributed by atoms with Crippen LogP contribution in [-0.4, -0.2) is 43.0 Å². The van der Waals surface area contributed by atoms with E-state index in [-0.39, 0.29) is 4.21 Å². The summed E-state index contributed by atoms with van der Waals surface area (Å²) in [7, 11) is -3.91. The van der Waals surface area contributed by atoms with Crippen molar-refractivity contribution in [3.05, 3.63) is 24.4 Å². The lowest BCUT2D eigenvalue weighted by Gasteiger charge is -2.33. The Morgan fingerprint density at radius 1 is 1.35 bits per heavy atom. The molecule has 1 fully saturated rings. The fourth-order valence-corrected chi connectivity index (χ4v) is 6.53. The summed E-state index contributed by atoms with van der Waals surface area (Å²) in [5.74, 6) is -1.10. The third-order valence-electron chi connectivity index (χ3n) is 4.54. The quantitative estimate of drug-likeness (QED) is 0.767. The summed E-state index contributed by atoms with van der Waals surface area (Å²) in [6, 6.07) is 3.26. The number of thiophene rings is 1. The van der Waals surface area contributed by atoms with Gasteiger partial charge in [-0.25, -0.2) is 13.4 Å². The highest BCUT2D eigenvalue weighted by Gasteiger charge is 2.43. The van der Waals surface area contributed by atoms with Crippen molar-refractivity contribution in [1.82, 2.24) is 4.72 Å². The Hall–Kier alpha value is -1.36. The van der Waals surface area contributed by atoms with Crippen LogP contribution in [0.15, 0.2) is 33.6 Å². The van der Waals surface area contributed by atoms with Crippen molar-refractivity contribution in [2.75, 3.05) is 17.7 Å². The molecule has 26 heavy (non-hydrogen) atoms. The molecule has 10 heteroatoms. The zero-order chi connectivity index (χ0) is 18.8. The first-order valence-electron chi connectivity index (χ1n) is 8.29. The van der Waals surface area contributed by atoms with Gasteiger partial charge < -0.3 is 10.0 Å². The van der Waals surface area contributed by atoms with E-state index in [2.05, 4.69) is 9.71 Å². The predicted molar refractivity (Wildman–Crippen MR) is 106 cm³/mol. The maximum Gasteiger partial charge on any atom is 0.324 e. The first kappa shape index (κ1) is 19.4. The topological polar surface area (TPSA) is 99.1 Å². The number of nitrogens with one attached hydrogen (secondary N) is 1. The van der Waals surface area contributed by atoms with E-state index in [9.17, 15) is 18.3 Å². The van der Waals surface area contributed by atoms with Crippen LogP contribution >= 0.6 is 23.1 Å². The molecule has 0 spiro atoms. The predicted octanol–water partition coefficient (Wildman–Crippen LogP) is 2.87. The van der Waals surface area contributed by atoms with Gasteiger partial charge in [-0.1, -0.05) is 31.0 Å². The Labute approximate surface area is 161 Å². The van der Waals surface area contributed by atoms with Crippen molar-refractivity contribution in [1.29, 1.82) is 0 Å². The summed E-state index contributed by atoms with van der Waals surface area (Å²) in [6.45, 7) is 0.617. The number of carboxylic acids is 1. The van der Waals surface area contributed by atoms with Gasteiger partial charge in [-0.05, 0) is 37.3 Å². The number of thioether (sulfide) groups is 1. The van der Waals surface area contributed by atoms with E-state index in [1.807, 2.05) is 17.2 Å². The second-order valence-electron chi connectivity index (χ2n) is 6.26. The molecule has 2 N–H and O–H groups in total. The van der Waals surface area contributed by atoms with Crippen LogP contribution in [-0.2, 0) is 14.8 Å². The van der Waals surface area contributed by atoms with Gasteiger partial charge in [-0.3, -0.25) is 4.79 Å². The number of hydrogen-bond donors (Lipinski definition) is 2. The van der Waals surface area contributed by atoms with E-state index in [0.29, 0.717) is 32.2 Å². The smallest absolute Gasteiger partial charge is 0.324 e. The molecule has 0 bridgehead atoms. The van der Waals surface area contributed by atoms with Gasteiger partial charge in [0.2, 0.25) is 0 Å². The Bertz CT molecular complexity index is 839. The molecule has 7 nitrogen and oxygen atoms in total. The third-order valence-corrected chi connectivity index (χ3v) is 8.36. The van der Waals surface area contributed by atoms with Crippen molar-refractivity contribution < 1.29 is 18.3 Å². The lowest BCUT2D eigenvalue weighted by atomic mass is 9.83. The number of aliphatic carboxylic acids is 1. The summed E-state index contributed by atoms with van der Waals surface area (Å²) in [6.07, 6.45) is 8.52. The van der Waals surface area contributed by atoms with Crippen LogP contribution in [0.1, 0.15) is 32.1 Å². The van der Waals surface area contributed by atoms with Gasteiger partial charge in [0.05, 0.1) is 5.00 Å². The van der Waals surface area contributed by atoms with Crippen LogP contribution in [0.25, 0.3) is 0 Å². The molecule has 1 aliphatic carbocycles. The highest BCUT2D eigenvalue weighted by Crippen LogP contribution is 2.34. The summed E-state index contributed by atoms with van der Waals surface area (Å²) < 4.78 is 28.3. The molecule has 3 rings (SSSR count). The number of aliphatic imine (C=N–C) groups is 1. The third kappa shape index (κ3) is 3.83.